The molecule has 0 atom stereocenters. The smallest absolute Gasteiger partial charge is 0.254 e. The molecule has 0 aliphatic heterocycles. The Labute approximate surface area is 103 Å². The van der Waals surface area contributed by atoms with Gasteiger partial charge in [0.15, 0.2) is 5.95 Å². The fourth-order valence-corrected chi connectivity index (χ4v) is 1.56. The molecule has 1 aromatic carbocycles. The highest BCUT2D eigenvalue weighted by Gasteiger charge is 2.03. The Balaban J connectivity index is 2.27. The van der Waals surface area contributed by atoms with Gasteiger partial charge in [0.1, 0.15) is 0 Å². The Bertz CT molecular complexity index is 653. The Kier molecular flexibility index (Phi) is 3.41. The molecule has 1 N–H and O–H groups in total. The van der Waals surface area contributed by atoms with E-state index in [0.29, 0.717) is 12.0 Å². The number of azide groups is 1. The van der Waals surface area contributed by atoms with Crippen molar-refractivity contribution in [2.24, 2.45) is 5.11 Å². The number of aromatic nitrogens is 2. The maximum absolute atomic E-state index is 11.7. The monoisotopic (exact) mass is 241 g/mol. The van der Waals surface area contributed by atoms with Gasteiger partial charge in [-0.05, 0) is 23.1 Å². The summed E-state index contributed by atoms with van der Waals surface area (Å²) in [7, 11) is 0. The van der Waals surface area contributed by atoms with Crippen molar-refractivity contribution < 1.29 is 0 Å². The predicted octanol–water partition coefficient (Wildman–Crippen LogP) is 2.61. The molecule has 0 saturated heterocycles. The standard InChI is InChI=1S/C12H11N5O/c1-8-2-4-9(5-3-8)6-10-7-14-12(16-17-13)15-11(10)18/h2-5,7H,6H2,1H3,(H,14,15,18). The highest BCUT2D eigenvalue weighted by Crippen LogP contribution is 2.08. The molecule has 90 valence electrons. The topological polar surface area (TPSA) is 94.5 Å². The Morgan fingerprint density at radius 3 is 2.72 bits per heavy atom. The number of rotatable bonds is 3. The molecule has 0 saturated carbocycles. The van der Waals surface area contributed by atoms with Crippen LogP contribution in [0.2, 0.25) is 0 Å². The summed E-state index contributed by atoms with van der Waals surface area (Å²) in [4.78, 5) is 20.6. The van der Waals surface area contributed by atoms with Crippen LogP contribution in [-0.4, -0.2) is 9.97 Å². The second-order valence-electron chi connectivity index (χ2n) is 3.91. The second-order valence-corrected chi connectivity index (χ2v) is 3.91. The van der Waals surface area contributed by atoms with Crippen LogP contribution in [0.15, 0.2) is 40.4 Å². The van der Waals surface area contributed by atoms with Crippen molar-refractivity contribution in [1.29, 1.82) is 0 Å². The Hall–Kier alpha value is -2.59. The second kappa shape index (κ2) is 5.16. The summed E-state index contributed by atoms with van der Waals surface area (Å²) in [5.41, 5.74) is 10.7. The van der Waals surface area contributed by atoms with Crippen LogP contribution < -0.4 is 5.56 Å². The largest absolute Gasteiger partial charge is 0.305 e. The first-order chi connectivity index (χ1) is 8.69. The third-order valence-electron chi connectivity index (χ3n) is 2.51. The fourth-order valence-electron chi connectivity index (χ4n) is 1.56. The van der Waals surface area contributed by atoms with Crippen molar-refractivity contribution in [2.75, 3.05) is 0 Å². The minimum Gasteiger partial charge on any atom is -0.305 e. The van der Waals surface area contributed by atoms with Crippen LogP contribution in [0.1, 0.15) is 16.7 Å². The van der Waals surface area contributed by atoms with Gasteiger partial charge < -0.3 is 4.98 Å². The van der Waals surface area contributed by atoms with Gasteiger partial charge in [0.05, 0.1) is 0 Å². The lowest BCUT2D eigenvalue weighted by molar-refractivity contribution is 1.01. The van der Waals surface area contributed by atoms with E-state index in [1.807, 2.05) is 31.2 Å². The van der Waals surface area contributed by atoms with Gasteiger partial charge in [-0.2, -0.15) is 0 Å². The molecule has 0 spiro atoms. The molecule has 0 amide bonds. The summed E-state index contributed by atoms with van der Waals surface area (Å²) in [6.45, 7) is 2.01. The molecular weight excluding hydrogens is 230 g/mol. The lowest BCUT2D eigenvalue weighted by atomic mass is 10.1. The number of hydrogen-bond acceptors (Lipinski definition) is 3. The molecule has 2 aromatic rings. The number of nitrogens with one attached hydrogen (secondary N) is 1. The van der Waals surface area contributed by atoms with Crippen LogP contribution in [0.3, 0.4) is 0 Å². The minimum absolute atomic E-state index is 0.0184. The first kappa shape index (κ1) is 11.9. The SMILES string of the molecule is Cc1ccc(Cc2cnc(N=[N+]=[N-])[nH]c2=O)cc1. The number of aromatic amines is 1. The predicted molar refractivity (Wildman–Crippen MR) is 67.6 cm³/mol. The first-order valence-corrected chi connectivity index (χ1v) is 5.38. The third kappa shape index (κ3) is 2.75. The lowest BCUT2D eigenvalue weighted by Gasteiger charge is -2.01. The van der Waals surface area contributed by atoms with E-state index in [1.54, 1.807) is 0 Å². The van der Waals surface area contributed by atoms with Gasteiger partial charge in [-0.3, -0.25) is 4.79 Å². The van der Waals surface area contributed by atoms with E-state index < -0.39 is 0 Å². The maximum Gasteiger partial charge on any atom is 0.254 e. The minimum atomic E-state index is -0.284. The quantitative estimate of drug-likeness (QED) is 0.508. The molecule has 6 nitrogen and oxygen atoms in total. The lowest BCUT2D eigenvalue weighted by Crippen LogP contribution is -2.13. The fraction of sp³-hybridized carbons (Fsp3) is 0.167. The van der Waals surface area contributed by atoms with Crippen LogP contribution in [-0.2, 0) is 6.42 Å². The number of benzene rings is 1. The van der Waals surface area contributed by atoms with Gasteiger partial charge in [0, 0.05) is 23.1 Å². The van der Waals surface area contributed by atoms with E-state index in [2.05, 4.69) is 20.0 Å². The summed E-state index contributed by atoms with van der Waals surface area (Å²) in [6, 6.07) is 7.92. The van der Waals surface area contributed by atoms with E-state index in [4.69, 9.17) is 5.53 Å². The van der Waals surface area contributed by atoms with Gasteiger partial charge in [0.2, 0.25) is 0 Å². The summed E-state index contributed by atoms with van der Waals surface area (Å²) in [5, 5.41) is 3.24. The number of aryl methyl sites for hydroxylation is 1. The average molecular weight is 241 g/mol. The number of H-pyrrole nitrogens is 1. The Morgan fingerprint density at radius 2 is 2.11 bits per heavy atom. The van der Waals surface area contributed by atoms with E-state index in [0.717, 1.165) is 5.56 Å². The maximum atomic E-state index is 11.7. The van der Waals surface area contributed by atoms with Gasteiger partial charge in [-0.1, -0.05) is 29.8 Å². The van der Waals surface area contributed by atoms with Crippen molar-refractivity contribution in [3.63, 3.8) is 0 Å². The molecule has 1 heterocycles. The van der Waals surface area contributed by atoms with Crippen LogP contribution in [0.25, 0.3) is 10.4 Å². The van der Waals surface area contributed by atoms with Crippen molar-refractivity contribution in [3.8, 4) is 0 Å². The number of nitrogens with zero attached hydrogens (tertiary/aromatic N) is 4. The van der Waals surface area contributed by atoms with Gasteiger partial charge in [-0.15, -0.1) is 0 Å². The number of hydrogen-bond donors (Lipinski definition) is 1. The molecule has 0 bridgehead atoms. The molecule has 0 radical (unpaired) electrons. The molecule has 2 rings (SSSR count). The van der Waals surface area contributed by atoms with E-state index in [-0.39, 0.29) is 11.5 Å². The van der Waals surface area contributed by atoms with Crippen LogP contribution in [0.4, 0.5) is 5.95 Å². The summed E-state index contributed by atoms with van der Waals surface area (Å²) in [6.07, 6.45) is 1.93. The third-order valence-corrected chi connectivity index (χ3v) is 2.51. The van der Waals surface area contributed by atoms with Gasteiger partial charge in [0.25, 0.3) is 5.56 Å². The van der Waals surface area contributed by atoms with Gasteiger partial charge in [-0.25, -0.2) is 4.98 Å². The van der Waals surface area contributed by atoms with Crippen molar-refractivity contribution in [1.82, 2.24) is 9.97 Å². The van der Waals surface area contributed by atoms with E-state index in [1.165, 1.54) is 11.8 Å². The zero-order chi connectivity index (χ0) is 13.0. The average Bonchev–Trinajstić information content (AvgIpc) is 2.36. The van der Waals surface area contributed by atoms with Crippen molar-refractivity contribution in [3.05, 3.63) is 67.9 Å². The van der Waals surface area contributed by atoms with Crippen LogP contribution in [0, 0.1) is 6.92 Å². The zero-order valence-corrected chi connectivity index (χ0v) is 9.79. The van der Waals surface area contributed by atoms with E-state index in [9.17, 15) is 4.79 Å². The molecular formula is C12H11N5O. The summed E-state index contributed by atoms with van der Waals surface area (Å²) in [5.74, 6) is -0.0184. The molecule has 18 heavy (non-hydrogen) atoms. The van der Waals surface area contributed by atoms with Crippen molar-refractivity contribution in [2.45, 2.75) is 13.3 Å². The van der Waals surface area contributed by atoms with Crippen molar-refractivity contribution >= 4 is 5.95 Å². The highest BCUT2D eigenvalue weighted by molar-refractivity contribution is 5.27. The zero-order valence-electron chi connectivity index (χ0n) is 9.79. The first-order valence-electron chi connectivity index (χ1n) is 5.38. The normalized spacial score (nSPS) is 9.83. The molecule has 1 aromatic heterocycles. The molecule has 0 aliphatic carbocycles. The molecule has 0 aliphatic rings. The van der Waals surface area contributed by atoms with E-state index >= 15 is 0 Å². The summed E-state index contributed by atoms with van der Waals surface area (Å²) >= 11 is 0. The summed E-state index contributed by atoms with van der Waals surface area (Å²) < 4.78 is 0. The van der Waals surface area contributed by atoms with Crippen LogP contribution >= 0.6 is 0 Å². The Morgan fingerprint density at radius 1 is 1.39 bits per heavy atom. The van der Waals surface area contributed by atoms with Crippen LogP contribution in [0.5, 0.6) is 0 Å². The molecule has 0 unspecified atom stereocenters. The highest BCUT2D eigenvalue weighted by atomic mass is 16.1. The molecule has 0 fully saturated rings. The van der Waals surface area contributed by atoms with Gasteiger partial charge >= 0.3 is 0 Å². The molecule has 6 heteroatoms.